The van der Waals surface area contributed by atoms with Gasteiger partial charge in [-0.1, -0.05) is 62.8 Å². The van der Waals surface area contributed by atoms with Gasteiger partial charge in [0.25, 0.3) is 0 Å². The van der Waals surface area contributed by atoms with Gasteiger partial charge in [0, 0.05) is 5.57 Å². The molecule has 1 rings (SSSR count). The van der Waals surface area contributed by atoms with Crippen molar-refractivity contribution in [1.29, 1.82) is 5.26 Å². The molecule has 0 atom stereocenters. The van der Waals surface area contributed by atoms with Gasteiger partial charge in [0.1, 0.15) is 0 Å². The standard InChI is InChI=1S/C19H27NO2S/c1-3-4-5-6-7-8-9-10-18(15-20)16-23(21,22)19-13-11-17(2)12-14-19/h10-14H,3-9,16H2,1-2H3/b18-10-. The number of rotatable bonds is 10. The van der Waals surface area contributed by atoms with Crippen LogP contribution in [0.15, 0.2) is 40.8 Å². The highest BCUT2D eigenvalue weighted by Crippen LogP contribution is 2.16. The molecular formula is C19H27NO2S. The van der Waals surface area contributed by atoms with Gasteiger partial charge in [-0.2, -0.15) is 5.26 Å². The first-order chi connectivity index (χ1) is 11.0. The predicted octanol–water partition coefficient (Wildman–Crippen LogP) is 4.97. The maximum atomic E-state index is 12.3. The number of allylic oxidation sites excluding steroid dienone is 1. The van der Waals surface area contributed by atoms with E-state index in [-0.39, 0.29) is 10.6 Å². The number of nitrogens with zero attached hydrogens (tertiary/aromatic N) is 1. The summed E-state index contributed by atoms with van der Waals surface area (Å²) in [5.41, 5.74) is 1.36. The minimum atomic E-state index is -3.43. The van der Waals surface area contributed by atoms with Crippen LogP contribution in [0.3, 0.4) is 0 Å². The summed E-state index contributed by atoms with van der Waals surface area (Å²) >= 11 is 0. The lowest BCUT2D eigenvalue weighted by atomic mass is 10.1. The average Bonchev–Trinajstić information content (AvgIpc) is 2.53. The fourth-order valence-electron chi connectivity index (χ4n) is 2.37. The first-order valence-corrected chi connectivity index (χ1v) is 10.0. The molecule has 0 aliphatic carbocycles. The number of benzene rings is 1. The first-order valence-electron chi connectivity index (χ1n) is 8.38. The number of sulfone groups is 1. The molecule has 0 unspecified atom stereocenters. The van der Waals surface area contributed by atoms with Crippen molar-refractivity contribution in [3.8, 4) is 6.07 Å². The molecular weight excluding hydrogens is 306 g/mol. The van der Waals surface area contributed by atoms with Gasteiger partial charge in [0.05, 0.1) is 16.7 Å². The van der Waals surface area contributed by atoms with E-state index in [0.717, 1.165) is 24.8 Å². The largest absolute Gasteiger partial charge is 0.223 e. The summed E-state index contributed by atoms with van der Waals surface area (Å²) in [7, 11) is -3.43. The molecule has 0 N–H and O–H groups in total. The summed E-state index contributed by atoms with van der Waals surface area (Å²) < 4.78 is 24.7. The van der Waals surface area contributed by atoms with Crippen LogP contribution < -0.4 is 0 Å². The van der Waals surface area contributed by atoms with E-state index in [1.165, 1.54) is 25.7 Å². The van der Waals surface area contributed by atoms with Crippen molar-refractivity contribution < 1.29 is 8.42 Å². The molecule has 1 aromatic rings. The van der Waals surface area contributed by atoms with E-state index in [2.05, 4.69) is 6.92 Å². The van der Waals surface area contributed by atoms with Crippen molar-refractivity contribution in [2.45, 2.75) is 63.7 Å². The molecule has 0 aromatic heterocycles. The Balaban J connectivity index is 2.53. The van der Waals surface area contributed by atoms with Crippen LogP contribution >= 0.6 is 0 Å². The van der Waals surface area contributed by atoms with E-state index < -0.39 is 9.84 Å². The second-order valence-electron chi connectivity index (χ2n) is 5.97. The molecule has 0 aliphatic heterocycles. The molecule has 0 fully saturated rings. The monoisotopic (exact) mass is 333 g/mol. The second-order valence-corrected chi connectivity index (χ2v) is 7.96. The number of nitriles is 1. The van der Waals surface area contributed by atoms with Gasteiger partial charge in [-0.3, -0.25) is 0 Å². The maximum absolute atomic E-state index is 12.3. The highest BCUT2D eigenvalue weighted by molar-refractivity contribution is 7.91. The predicted molar refractivity (Wildman–Crippen MR) is 94.9 cm³/mol. The molecule has 1 aromatic carbocycles. The maximum Gasteiger partial charge on any atom is 0.183 e. The van der Waals surface area contributed by atoms with Crippen LogP contribution in [0.5, 0.6) is 0 Å². The van der Waals surface area contributed by atoms with E-state index >= 15 is 0 Å². The minimum absolute atomic E-state index is 0.206. The Hall–Kier alpha value is -1.60. The third kappa shape index (κ3) is 7.47. The van der Waals surface area contributed by atoms with E-state index in [1.807, 2.05) is 13.0 Å². The number of hydrogen-bond acceptors (Lipinski definition) is 3. The van der Waals surface area contributed by atoms with Crippen LogP contribution in [-0.2, 0) is 9.84 Å². The molecule has 0 radical (unpaired) electrons. The van der Waals surface area contributed by atoms with Crippen molar-refractivity contribution in [2.75, 3.05) is 5.75 Å². The molecule has 0 amide bonds. The van der Waals surface area contributed by atoms with E-state index in [1.54, 1.807) is 30.3 Å². The summed E-state index contributed by atoms with van der Waals surface area (Å²) in [5, 5.41) is 9.17. The Morgan fingerprint density at radius 3 is 2.30 bits per heavy atom. The van der Waals surface area contributed by atoms with Crippen LogP contribution in [0.2, 0.25) is 0 Å². The topological polar surface area (TPSA) is 57.9 Å². The Morgan fingerprint density at radius 2 is 1.70 bits per heavy atom. The summed E-state index contributed by atoms with van der Waals surface area (Å²) in [6, 6.07) is 8.80. The van der Waals surface area contributed by atoms with E-state index in [0.29, 0.717) is 5.57 Å². The average molecular weight is 333 g/mol. The van der Waals surface area contributed by atoms with Gasteiger partial charge < -0.3 is 0 Å². The molecule has 0 aliphatic rings. The van der Waals surface area contributed by atoms with Crippen LogP contribution in [0.4, 0.5) is 0 Å². The fraction of sp³-hybridized carbons (Fsp3) is 0.526. The SMILES string of the molecule is CCCCCCCC/C=C(/C#N)CS(=O)(=O)c1ccc(C)cc1. The zero-order valence-corrected chi connectivity index (χ0v) is 15.0. The van der Waals surface area contributed by atoms with E-state index in [9.17, 15) is 13.7 Å². The Labute approximate surface area is 141 Å². The van der Waals surface area contributed by atoms with Crippen LogP contribution in [0.1, 0.15) is 57.4 Å². The van der Waals surface area contributed by atoms with Gasteiger partial charge in [0.15, 0.2) is 9.84 Å². The second kappa shape index (κ2) is 10.2. The van der Waals surface area contributed by atoms with Gasteiger partial charge >= 0.3 is 0 Å². The molecule has 4 heteroatoms. The third-order valence-corrected chi connectivity index (χ3v) is 5.50. The Morgan fingerprint density at radius 1 is 1.09 bits per heavy atom. The number of aryl methyl sites for hydroxylation is 1. The molecule has 3 nitrogen and oxygen atoms in total. The van der Waals surface area contributed by atoms with Gasteiger partial charge in [-0.15, -0.1) is 0 Å². The zero-order valence-electron chi connectivity index (χ0n) is 14.2. The van der Waals surface area contributed by atoms with Gasteiger partial charge in [-0.25, -0.2) is 8.42 Å². The highest BCUT2D eigenvalue weighted by atomic mass is 32.2. The quantitative estimate of drug-likeness (QED) is 0.449. The summed E-state index contributed by atoms with van der Waals surface area (Å²) in [6.45, 7) is 4.11. The van der Waals surface area contributed by atoms with E-state index in [4.69, 9.17) is 0 Å². The van der Waals surface area contributed by atoms with Crippen molar-refractivity contribution in [3.63, 3.8) is 0 Å². The summed E-state index contributed by atoms with van der Waals surface area (Å²) in [6.07, 6.45) is 9.69. The van der Waals surface area contributed by atoms with Gasteiger partial charge in [-0.05, 0) is 31.9 Å². The smallest absolute Gasteiger partial charge is 0.183 e. The van der Waals surface area contributed by atoms with Crippen molar-refractivity contribution in [1.82, 2.24) is 0 Å². The molecule has 0 bridgehead atoms. The normalized spacial score (nSPS) is 12.1. The lowest BCUT2D eigenvalue weighted by Crippen LogP contribution is -2.08. The van der Waals surface area contributed by atoms with Crippen LogP contribution in [-0.4, -0.2) is 14.2 Å². The first kappa shape index (κ1) is 19.4. The number of unbranched alkanes of at least 4 members (excludes halogenated alkanes) is 6. The molecule has 126 valence electrons. The molecule has 0 spiro atoms. The van der Waals surface area contributed by atoms with Crippen molar-refractivity contribution >= 4 is 9.84 Å². The molecule has 23 heavy (non-hydrogen) atoms. The molecule has 0 heterocycles. The van der Waals surface area contributed by atoms with Crippen LogP contribution in [0, 0.1) is 18.3 Å². The Kier molecular flexibility index (Phi) is 8.65. The minimum Gasteiger partial charge on any atom is -0.223 e. The number of hydrogen-bond donors (Lipinski definition) is 0. The van der Waals surface area contributed by atoms with Gasteiger partial charge in [0.2, 0.25) is 0 Å². The fourth-order valence-corrected chi connectivity index (χ4v) is 3.68. The zero-order chi connectivity index (χ0) is 17.1. The third-order valence-electron chi connectivity index (χ3n) is 3.82. The van der Waals surface area contributed by atoms with Crippen molar-refractivity contribution in [2.24, 2.45) is 0 Å². The lowest BCUT2D eigenvalue weighted by molar-refractivity contribution is 0.598. The summed E-state index contributed by atoms with van der Waals surface area (Å²) in [5.74, 6) is -0.206. The highest BCUT2D eigenvalue weighted by Gasteiger charge is 2.16. The van der Waals surface area contributed by atoms with Crippen molar-refractivity contribution in [3.05, 3.63) is 41.5 Å². The molecule has 0 saturated heterocycles. The Bertz CT molecular complexity index is 637. The lowest BCUT2D eigenvalue weighted by Gasteiger charge is -2.04. The van der Waals surface area contributed by atoms with Crippen LogP contribution in [0.25, 0.3) is 0 Å². The summed E-state index contributed by atoms with van der Waals surface area (Å²) in [4.78, 5) is 0.281. The molecule has 0 saturated carbocycles.